The molecule has 1 aromatic heterocycles. The number of aromatic nitrogens is 1. The van der Waals surface area contributed by atoms with Crippen molar-refractivity contribution in [2.45, 2.75) is 19.8 Å². The first-order valence-corrected chi connectivity index (χ1v) is 4.72. The van der Waals surface area contributed by atoms with Crippen molar-refractivity contribution in [1.82, 2.24) is 4.98 Å². The van der Waals surface area contributed by atoms with E-state index in [9.17, 15) is 4.39 Å². The topological polar surface area (TPSA) is 12.9 Å². The molecule has 1 aromatic carbocycles. The molecule has 14 heavy (non-hydrogen) atoms. The molecule has 0 saturated heterocycles. The number of hydrogen-bond donors (Lipinski definition) is 0. The zero-order valence-electron chi connectivity index (χ0n) is 8.29. The monoisotopic (exact) mass is 189 g/mol. The summed E-state index contributed by atoms with van der Waals surface area (Å²) in [6.45, 7) is 4.19. The van der Waals surface area contributed by atoms with Gasteiger partial charge in [0.2, 0.25) is 0 Å². The van der Waals surface area contributed by atoms with E-state index in [1.165, 1.54) is 6.07 Å². The number of pyridine rings is 1. The molecule has 0 aliphatic carbocycles. The van der Waals surface area contributed by atoms with Crippen molar-refractivity contribution in [3.8, 4) is 0 Å². The summed E-state index contributed by atoms with van der Waals surface area (Å²) in [5, 5.41) is 1.58. The van der Waals surface area contributed by atoms with Gasteiger partial charge in [0.25, 0.3) is 0 Å². The van der Waals surface area contributed by atoms with Crippen molar-refractivity contribution in [3.63, 3.8) is 0 Å². The molecule has 0 fully saturated rings. The molecule has 72 valence electrons. The van der Waals surface area contributed by atoms with E-state index in [4.69, 9.17) is 0 Å². The summed E-state index contributed by atoms with van der Waals surface area (Å²) in [5.74, 6) is 0.217. The average molecular weight is 189 g/mol. The highest BCUT2D eigenvalue weighted by molar-refractivity contribution is 5.85. The average Bonchev–Trinajstić information content (AvgIpc) is 2.18. The highest BCUT2D eigenvalue weighted by atomic mass is 19.1. The summed E-state index contributed by atoms with van der Waals surface area (Å²) >= 11 is 0. The van der Waals surface area contributed by atoms with Crippen LogP contribution in [0.15, 0.2) is 30.6 Å². The zero-order chi connectivity index (χ0) is 10.1. The fourth-order valence-electron chi connectivity index (χ4n) is 1.68. The van der Waals surface area contributed by atoms with Gasteiger partial charge in [-0.1, -0.05) is 19.9 Å². The van der Waals surface area contributed by atoms with Crippen molar-refractivity contribution in [3.05, 3.63) is 42.0 Å². The van der Waals surface area contributed by atoms with Gasteiger partial charge in [-0.25, -0.2) is 4.39 Å². The third-order valence-electron chi connectivity index (χ3n) is 2.42. The van der Waals surface area contributed by atoms with Crippen molar-refractivity contribution >= 4 is 10.8 Å². The maximum absolute atomic E-state index is 13.4. The lowest BCUT2D eigenvalue weighted by molar-refractivity contribution is 0.638. The van der Waals surface area contributed by atoms with Crippen molar-refractivity contribution in [2.75, 3.05) is 0 Å². The number of benzene rings is 1. The lowest BCUT2D eigenvalue weighted by atomic mass is 9.97. The smallest absolute Gasteiger partial charge is 0.131 e. The van der Waals surface area contributed by atoms with E-state index in [0.29, 0.717) is 11.3 Å². The fourth-order valence-corrected chi connectivity index (χ4v) is 1.68. The molecule has 0 atom stereocenters. The maximum atomic E-state index is 13.4. The van der Waals surface area contributed by atoms with Gasteiger partial charge >= 0.3 is 0 Å². The van der Waals surface area contributed by atoms with Gasteiger partial charge in [-0.15, -0.1) is 0 Å². The van der Waals surface area contributed by atoms with Gasteiger partial charge in [-0.05, 0) is 23.6 Å². The van der Waals surface area contributed by atoms with Gasteiger partial charge < -0.3 is 0 Å². The first kappa shape index (κ1) is 9.13. The molecule has 1 heterocycles. The standard InChI is InChI=1S/C12H12FN/c1-8(2)9-3-4-12(13)10-5-6-14-7-11(9)10/h3-8H,1-2H3. The Labute approximate surface area is 82.6 Å². The number of halogens is 1. The first-order valence-electron chi connectivity index (χ1n) is 4.72. The Balaban J connectivity index is 2.82. The second-order valence-electron chi connectivity index (χ2n) is 3.71. The first-order chi connectivity index (χ1) is 6.70. The van der Waals surface area contributed by atoms with E-state index in [1.54, 1.807) is 18.5 Å². The summed E-state index contributed by atoms with van der Waals surface area (Å²) in [5.41, 5.74) is 1.15. The second-order valence-corrected chi connectivity index (χ2v) is 3.71. The Morgan fingerprint density at radius 1 is 1.14 bits per heavy atom. The molecule has 0 bridgehead atoms. The number of nitrogens with zero attached hydrogens (tertiary/aromatic N) is 1. The molecule has 1 nitrogen and oxygen atoms in total. The van der Waals surface area contributed by atoms with Gasteiger partial charge in [0.1, 0.15) is 5.82 Å². The minimum absolute atomic E-state index is 0.174. The van der Waals surface area contributed by atoms with Gasteiger partial charge in [0.05, 0.1) is 0 Å². The summed E-state index contributed by atoms with van der Waals surface area (Å²) in [7, 11) is 0. The molecule has 2 aromatic rings. The molecule has 2 rings (SSSR count). The summed E-state index contributed by atoms with van der Waals surface area (Å²) in [4.78, 5) is 4.03. The van der Waals surface area contributed by atoms with E-state index >= 15 is 0 Å². The predicted octanol–water partition coefficient (Wildman–Crippen LogP) is 3.50. The van der Waals surface area contributed by atoms with Gasteiger partial charge in [0.15, 0.2) is 0 Å². The van der Waals surface area contributed by atoms with Crippen LogP contribution in [0.3, 0.4) is 0 Å². The van der Waals surface area contributed by atoms with E-state index in [1.807, 2.05) is 6.07 Å². The lowest BCUT2D eigenvalue weighted by Gasteiger charge is -2.09. The van der Waals surface area contributed by atoms with Crippen molar-refractivity contribution < 1.29 is 4.39 Å². The third kappa shape index (κ3) is 1.37. The largest absolute Gasteiger partial charge is 0.264 e. The van der Waals surface area contributed by atoms with Gasteiger partial charge in [-0.3, -0.25) is 4.98 Å². The van der Waals surface area contributed by atoms with E-state index < -0.39 is 0 Å². The van der Waals surface area contributed by atoms with Gasteiger partial charge in [0, 0.05) is 23.2 Å². The number of fused-ring (bicyclic) bond motifs is 1. The molecule has 2 heteroatoms. The van der Waals surface area contributed by atoms with Crippen LogP contribution in [0.2, 0.25) is 0 Å². The quantitative estimate of drug-likeness (QED) is 0.669. The Morgan fingerprint density at radius 2 is 1.93 bits per heavy atom. The maximum Gasteiger partial charge on any atom is 0.131 e. The molecule has 0 amide bonds. The van der Waals surface area contributed by atoms with Crippen LogP contribution in [0.25, 0.3) is 10.8 Å². The summed E-state index contributed by atoms with van der Waals surface area (Å²) in [6, 6.07) is 5.08. The van der Waals surface area contributed by atoms with Crippen LogP contribution >= 0.6 is 0 Å². The van der Waals surface area contributed by atoms with Crippen LogP contribution in [0.5, 0.6) is 0 Å². The predicted molar refractivity (Wildman–Crippen MR) is 55.8 cm³/mol. The van der Waals surface area contributed by atoms with Crippen LogP contribution < -0.4 is 0 Å². The summed E-state index contributed by atoms with van der Waals surface area (Å²) < 4.78 is 13.4. The minimum atomic E-state index is -0.174. The Morgan fingerprint density at radius 3 is 2.64 bits per heavy atom. The van der Waals surface area contributed by atoms with Crippen LogP contribution in [0, 0.1) is 5.82 Å². The second kappa shape index (κ2) is 3.37. The van der Waals surface area contributed by atoms with Crippen LogP contribution in [-0.4, -0.2) is 4.98 Å². The molecule has 0 saturated carbocycles. The highest BCUT2D eigenvalue weighted by Crippen LogP contribution is 2.26. The normalized spacial score (nSPS) is 11.1. The third-order valence-corrected chi connectivity index (χ3v) is 2.42. The molecule has 0 aliphatic heterocycles. The molecular weight excluding hydrogens is 177 g/mol. The van der Waals surface area contributed by atoms with Crippen LogP contribution in [0.1, 0.15) is 25.3 Å². The number of hydrogen-bond acceptors (Lipinski definition) is 1. The van der Waals surface area contributed by atoms with E-state index in [0.717, 1.165) is 10.9 Å². The molecule has 0 N–H and O–H groups in total. The Bertz CT molecular complexity index is 463. The van der Waals surface area contributed by atoms with Crippen LogP contribution in [-0.2, 0) is 0 Å². The fraction of sp³-hybridized carbons (Fsp3) is 0.250. The van der Waals surface area contributed by atoms with Crippen molar-refractivity contribution in [2.24, 2.45) is 0 Å². The molecule has 0 radical (unpaired) electrons. The SMILES string of the molecule is CC(C)c1ccc(F)c2ccncc12. The highest BCUT2D eigenvalue weighted by Gasteiger charge is 2.07. The van der Waals surface area contributed by atoms with Crippen molar-refractivity contribution in [1.29, 1.82) is 0 Å². The summed E-state index contributed by atoms with van der Waals surface area (Å²) in [6.07, 6.45) is 3.35. The molecule has 0 spiro atoms. The van der Waals surface area contributed by atoms with Crippen LogP contribution in [0.4, 0.5) is 4.39 Å². The Kier molecular flexibility index (Phi) is 2.20. The Hall–Kier alpha value is -1.44. The van der Waals surface area contributed by atoms with E-state index in [2.05, 4.69) is 18.8 Å². The molecule has 0 aliphatic rings. The lowest BCUT2D eigenvalue weighted by Crippen LogP contribution is -1.91. The minimum Gasteiger partial charge on any atom is -0.264 e. The zero-order valence-corrected chi connectivity index (χ0v) is 8.29. The molecular formula is C12H12FN. The molecule has 0 unspecified atom stereocenters. The van der Waals surface area contributed by atoms with E-state index in [-0.39, 0.29) is 5.82 Å². The van der Waals surface area contributed by atoms with Gasteiger partial charge in [-0.2, -0.15) is 0 Å². The number of rotatable bonds is 1.